The number of halogens is 3. The standard InChI is InChI=1S/C24H20F3N7O3/c1-34-20-18(21(33-34)32-16-5-3-13-9-14(23(36)37)2-4-15(13)16)30-11-31-19(20)22(35)29-10-12-6-7-28-17(8-12)24(25,26)27/h2,4,6-9,11,16H,3,5,10H2,1H3,(H,29,35)(H,32,33)(H,36,37). The van der Waals surface area contributed by atoms with E-state index in [-0.39, 0.29) is 29.4 Å². The maximum atomic E-state index is 12.9. The molecule has 1 amide bonds. The lowest BCUT2D eigenvalue weighted by Crippen LogP contribution is -2.25. The van der Waals surface area contributed by atoms with Crippen LogP contribution in [0.15, 0.2) is 42.9 Å². The van der Waals surface area contributed by atoms with Gasteiger partial charge >= 0.3 is 12.1 Å². The Labute approximate surface area is 207 Å². The summed E-state index contributed by atoms with van der Waals surface area (Å²) in [6, 6.07) is 7.14. The van der Waals surface area contributed by atoms with Gasteiger partial charge in [-0.1, -0.05) is 6.07 Å². The molecule has 10 nitrogen and oxygen atoms in total. The number of aryl methyl sites for hydroxylation is 2. The van der Waals surface area contributed by atoms with Crippen LogP contribution in [0, 0.1) is 0 Å². The highest BCUT2D eigenvalue weighted by atomic mass is 19.4. The summed E-state index contributed by atoms with van der Waals surface area (Å²) in [5.74, 6) is -1.15. The van der Waals surface area contributed by atoms with Crippen molar-refractivity contribution in [2.24, 2.45) is 7.05 Å². The maximum absolute atomic E-state index is 12.9. The Morgan fingerprint density at radius 2 is 1.97 bits per heavy atom. The third-order valence-electron chi connectivity index (χ3n) is 6.18. The summed E-state index contributed by atoms with van der Waals surface area (Å²) in [6.45, 7) is -0.157. The van der Waals surface area contributed by atoms with Gasteiger partial charge in [0.1, 0.15) is 23.1 Å². The average molecular weight is 511 g/mol. The molecule has 3 N–H and O–H groups in total. The minimum absolute atomic E-state index is 0.0241. The summed E-state index contributed by atoms with van der Waals surface area (Å²) in [7, 11) is 1.63. The minimum Gasteiger partial charge on any atom is -0.478 e. The van der Waals surface area contributed by atoms with Crippen molar-refractivity contribution in [1.82, 2.24) is 30.0 Å². The second kappa shape index (κ2) is 9.15. The van der Waals surface area contributed by atoms with Crippen molar-refractivity contribution in [1.29, 1.82) is 0 Å². The fourth-order valence-electron chi connectivity index (χ4n) is 4.44. The molecule has 0 fully saturated rings. The Balaban J connectivity index is 1.37. The highest BCUT2D eigenvalue weighted by molar-refractivity contribution is 6.05. The zero-order chi connectivity index (χ0) is 26.3. The number of benzene rings is 1. The van der Waals surface area contributed by atoms with Crippen LogP contribution in [0.5, 0.6) is 0 Å². The Morgan fingerprint density at radius 3 is 2.73 bits per heavy atom. The summed E-state index contributed by atoms with van der Waals surface area (Å²) < 4.78 is 40.2. The number of amides is 1. The van der Waals surface area contributed by atoms with Gasteiger partial charge in [0.25, 0.3) is 5.91 Å². The van der Waals surface area contributed by atoms with Crippen LogP contribution in [0.1, 0.15) is 55.7 Å². The summed E-state index contributed by atoms with van der Waals surface area (Å²) in [4.78, 5) is 35.9. The number of carboxylic acids is 1. The highest BCUT2D eigenvalue weighted by Gasteiger charge is 2.32. The first-order valence-corrected chi connectivity index (χ1v) is 11.2. The smallest absolute Gasteiger partial charge is 0.433 e. The number of pyridine rings is 1. The van der Waals surface area contributed by atoms with E-state index >= 15 is 0 Å². The number of hydrogen-bond acceptors (Lipinski definition) is 7. The van der Waals surface area contributed by atoms with Gasteiger partial charge in [-0.15, -0.1) is 0 Å². The Morgan fingerprint density at radius 1 is 1.16 bits per heavy atom. The number of carbonyl (C=O) groups is 2. The van der Waals surface area contributed by atoms with Gasteiger partial charge in [0.15, 0.2) is 11.5 Å². The number of alkyl halides is 3. The number of carboxylic acid groups (broad SMARTS) is 1. The first kappa shape index (κ1) is 24.2. The lowest BCUT2D eigenvalue weighted by Gasteiger charge is -2.13. The lowest BCUT2D eigenvalue weighted by molar-refractivity contribution is -0.141. The van der Waals surface area contributed by atoms with Crippen molar-refractivity contribution in [3.63, 3.8) is 0 Å². The van der Waals surface area contributed by atoms with Crippen LogP contribution in [0.25, 0.3) is 11.0 Å². The predicted molar refractivity (Wildman–Crippen MR) is 125 cm³/mol. The molecule has 1 aliphatic rings. The van der Waals surface area contributed by atoms with Crippen LogP contribution in [0.4, 0.5) is 19.0 Å². The molecule has 1 aliphatic carbocycles. The van der Waals surface area contributed by atoms with E-state index in [0.29, 0.717) is 23.3 Å². The Bertz CT molecular complexity index is 1530. The summed E-state index contributed by atoms with van der Waals surface area (Å²) in [5, 5.41) is 19.6. The van der Waals surface area contributed by atoms with E-state index in [1.807, 2.05) is 0 Å². The number of aromatic carboxylic acids is 1. The van der Waals surface area contributed by atoms with Gasteiger partial charge < -0.3 is 15.7 Å². The number of aromatic nitrogens is 5. The summed E-state index contributed by atoms with van der Waals surface area (Å²) in [6.07, 6.45) is -0.904. The van der Waals surface area contributed by atoms with Crippen LogP contribution in [0.2, 0.25) is 0 Å². The molecule has 13 heteroatoms. The number of nitrogens with one attached hydrogen (secondary N) is 2. The second-order valence-corrected chi connectivity index (χ2v) is 8.58. The largest absolute Gasteiger partial charge is 0.478 e. The number of anilines is 1. The van der Waals surface area contributed by atoms with Crippen LogP contribution >= 0.6 is 0 Å². The van der Waals surface area contributed by atoms with Crippen LogP contribution < -0.4 is 10.6 Å². The third kappa shape index (κ3) is 4.67. The summed E-state index contributed by atoms with van der Waals surface area (Å²) in [5.41, 5.74) is 2.11. The van der Waals surface area contributed by atoms with Crippen molar-refractivity contribution in [2.75, 3.05) is 5.32 Å². The number of rotatable bonds is 6. The van der Waals surface area contributed by atoms with E-state index in [9.17, 15) is 27.9 Å². The maximum Gasteiger partial charge on any atom is 0.433 e. The van der Waals surface area contributed by atoms with Gasteiger partial charge in [-0.25, -0.2) is 14.8 Å². The monoisotopic (exact) mass is 511 g/mol. The Kier molecular flexibility index (Phi) is 5.97. The first-order chi connectivity index (χ1) is 17.6. The fraction of sp³-hybridized carbons (Fsp3) is 0.250. The fourth-order valence-corrected chi connectivity index (χ4v) is 4.44. The number of hydrogen-bond donors (Lipinski definition) is 3. The molecule has 37 heavy (non-hydrogen) atoms. The number of carbonyl (C=O) groups excluding carboxylic acids is 1. The molecule has 0 bridgehead atoms. The van der Waals surface area contributed by atoms with Gasteiger partial charge in [0.2, 0.25) is 0 Å². The van der Waals surface area contributed by atoms with Gasteiger partial charge in [-0.05, 0) is 53.8 Å². The van der Waals surface area contributed by atoms with E-state index < -0.39 is 23.7 Å². The molecule has 190 valence electrons. The molecular weight excluding hydrogens is 491 g/mol. The van der Waals surface area contributed by atoms with Crippen molar-refractivity contribution in [2.45, 2.75) is 31.6 Å². The van der Waals surface area contributed by atoms with Gasteiger partial charge in [0.05, 0.1) is 11.6 Å². The van der Waals surface area contributed by atoms with Gasteiger partial charge in [0, 0.05) is 19.8 Å². The van der Waals surface area contributed by atoms with Crippen LogP contribution in [0.3, 0.4) is 0 Å². The number of nitrogens with zero attached hydrogens (tertiary/aromatic N) is 5. The topological polar surface area (TPSA) is 135 Å². The zero-order valence-electron chi connectivity index (χ0n) is 19.4. The molecular formula is C24H20F3N7O3. The van der Waals surface area contributed by atoms with Gasteiger partial charge in [-0.2, -0.15) is 18.3 Å². The van der Waals surface area contributed by atoms with Crippen molar-refractivity contribution >= 4 is 28.7 Å². The molecule has 3 aromatic heterocycles. The molecule has 3 heterocycles. The summed E-state index contributed by atoms with van der Waals surface area (Å²) >= 11 is 0. The van der Waals surface area contributed by atoms with Gasteiger partial charge in [-0.3, -0.25) is 14.5 Å². The molecule has 0 aliphatic heterocycles. The van der Waals surface area contributed by atoms with Crippen molar-refractivity contribution in [3.05, 3.63) is 76.5 Å². The normalized spacial score (nSPS) is 15.0. The average Bonchev–Trinajstić information content (AvgIpc) is 3.42. The van der Waals surface area contributed by atoms with E-state index in [0.717, 1.165) is 29.8 Å². The van der Waals surface area contributed by atoms with E-state index in [2.05, 4.69) is 30.7 Å². The molecule has 0 radical (unpaired) electrons. The molecule has 4 aromatic rings. The van der Waals surface area contributed by atoms with Crippen molar-refractivity contribution in [3.8, 4) is 0 Å². The minimum atomic E-state index is -4.59. The van der Waals surface area contributed by atoms with Crippen LogP contribution in [-0.2, 0) is 26.2 Å². The van der Waals surface area contributed by atoms with E-state index in [4.69, 9.17) is 0 Å². The predicted octanol–water partition coefficient (Wildman–Crippen LogP) is 3.50. The second-order valence-electron chi connectivity index (χ2n) is 8.58. The molecule has 5 rings (SSSR count). The quantitative estimate of drug-likeness (QED) is 0.358. The zero-order valence-corrected chi connectivity index (χ0v) is 19.4. The van der Waals surface area contributed by atoms with Crippen molar-refractivity contribution < 1.29 is 27.9 Å². The first-order valence-electron chi connectivity index (χ1n) is 11.2. The molecule has 1 aromatic carbocycles. The lowest BCUT2D eigenvalue weighted by atomic mass is 10.0. The molecule has 0 saturated heterocycles. The molecule has 0 spiro atoms. The van der Waals surface area contributed by atoms with E-state index in [1.54, 1.807) is 25.2 Å². The molecule has 0 saturated carbocycles. The number of fused-ring (bicyclic) bond motifs is 2. The van der Waals surface area contributed by atoms with Crippen LogP contribution in [-0.4, -0.2) is 41.7 Å². The van der Waals surface area contributed by atoms with E-state index in [1.165, 1.54) is 17.1 Å². The molecule has 1 unspecified atom stereocenters. The third-order valence-corrected chi connectivity index (χ3v) is 6.18. The molecule has 1 atom stereocenters. The SMILES string of the molecule is Cn1nc(NC2CCc3cc(C(=O)O)ccc32)c2ncnc(C(=O)NCc3ccnc(C(F)(F)F)c3)c21. The highest BCUT2D eigenvalue weighted by Crippen LogP contribution is 2.36. The Hall–Kier alpha value is -4.55.